The van der Waals surface area contributed by atoms with Crippen LogP contribution in [0.4, 0.5) is 0 Å². The maximum atomic E-state index is 6.07. The van der Waals surface area contributed by atoms with Crippen molar-refractivity contribution in [3.8, 4) is 17.1 Å². The summed E-state index contributed by atoms with van der Waals surface area (Å²) in [5.41, 5.74) is 1.91. The molecule has 0 bridgehead atoms. The van der Waals surface area contributed by atoms with Crippen molar-refractivity contribution in [1.82, 2.24) is 28.9 Å². The molecule has 29 heavy (non-hydrogen) atoms. The van der Waals surface area contributed by atoms with Gasteiger partial charge in [0.15, 0.2) is 5.82 Å². The van der Waals surface area contributed by atoms with Gasteiger partial charge in [-0.15, -0.1) is 10.2 Å². The number of nitrogens with zero attached hydrogens (tertiary/aromatic N) is 6. The lowest BCUT2D eigenvalue weighted by molar-refractivity contribution is 0.0210. The number of hydrogen-bond donors (Lipinski definition) is 0. The molecule has 5 rings (SSSR count). The lowest BCUT2D eigenvalue weighted by Gasteiger charge is -2.25. The Kier molecular flexibility index (Phi) is 4.92. The Hall–Kier alpha value is -2.52. The molecule has 0 atom stereocenters. The molecule has 0 spiro atoms. The van der Waals surface area contributed by atoms with Crippen LogP contribution in [0.2, 0.25) is 5.02 Å². The average Bonchev–Trinajstić information content (AvgIpc) is 3.27. The first-order valence-corrected chi connectivity index (χ1v) is 10.2. The van der Waals surface area contributed by atoms with E-state index in [2.05, 4.69) is 4.90 Å². The highest BCUT2D eigenvalue weighted by Crippen LogP contribution is 2.26. The Morgan fingerprint density at radius 2 is 1.69 bits per heavy atom. The van der Waals surface area contributed by atoms with Gasteiger partial charge in [0.05, 0.1) is 25.6 Å². The summed E-state index contributed by atoms with van der Waals surface area (Å²) in [7, 11) is 0. The van der Waals surface area contributed by atoms with E-state index in [4.69, 9.17) is 38.8 Å². The summed E-state index contributed by atoms with van der Waals surface area (Å²) in [6, 6.07) is 17.7. The van der Waals surface area contributed by atoms with Crippen LogP contribution in [0.25, 0.3) is 22.9 Å². The van der Waals surface area contributed by atoms with Crippen LogP contribution in [-0.4, -0.2) is 55.2 Å². The first-order valence-electron chi connectivity index (χ1n) is 9.41. The maximum absolute atomic E-state index is 6.07. The van der Waals surface area contributed by atoms with Gasteiger partial charge in [-0.25, -0.2) is 4.68 Å². The molecule has 4 aromatic rings. The second kappa shape index (κ2) is 7.72. The third-order valence-electron chi connectivity index (χ3n) is 4.96. The van der Waals surface area contributed by atoms with E-state index in [9.17, 15) is 0 Å². The number of benzene rings is 2. The Morgan fingerprint density at radius 3 is 2.41 bits per heavy atom. The second-order valence-corrected chi connectivity index (χ2v) is 7.67. The predicted molar refractivity (Wildman–Crippen MR) is 114 cm³/mol. The number of rotatable bonds is 4. The van der Waals surface area contributed by atoms with E-state index < -0.39 is 0 Å². The van der Waals surface area contributed by atoms with Crippen molar-refractivity contribution >= 4 is 29.6 Å². The molecule has 148 valence electrons. The van der Waals surface area contributed by atoms with Gasteiger partial charge in [0.1, 0.15) is 0 Å². The maximum Gasteiger partial charge on any atom is 0.257 e. The minimum Gasteiger partial charge on any atom is -0.379 e. The highest BCUT2D eigenvalue weighted by molar-refractivity contribution is 7.71. The van der Waals surface area contributed by atoms with E-state index in [1.807, 2.05) is 63.8 Å². The highest BCUT2D eigenvalue weighted by Gasteiger charge is 2.20. The molecule has 9 heteroatoms. The molecule has 0 saturated carbocycles. The zero-order valence-corrected chi connectivity index (χ0v) is 17.2. The van der Waals surface area contributed by atoms with Gasteiger partial charge in [0.2, 0.25) is 4.77 Å². The molecule has 0 amide bonds. The summed E-state index contributed by atoms with van der Waals surface area (Å²) in [4.78, 5) is 2.28. The number of halogens is 1. The molecule has 1 saturated heterocycles. The Labute approximate surface area is 177 Å². The lowest BCUT2D eigenvalue weighted by Crippen LogP contribution is -2.37. The summed E-state index contributed by atoms with van der Waals surface area (Å²) < 4.78 is 11.6. The third kappa shape index (κ3) is 3.49. The van der Waals surface area contributed by atoms with Crippen molar-refractivity contribution in [2.75, 3.05) is 26.3 Å². The summed E-state index contributed by atoms with van der Waals surface area (Å²) in [6.07, 6.45) is 0. The zero-order valence-electron chi connectivity index (χ0n) is 15.6. The van der Waals surface area contributed by atoms with E-state index in [0.29, 0.717) is 22.2 Å². The van der Waals surface area contributed by atoms with Gasteiger partial charge in [-0.1, -0.05) is 29.8 Å². The van der Waals surface area contributed by atoms with Crippen molar-refractivity contribution in [3.63, 3.8) is 0 Å². The van der Waals surface area contributed by atoms with Gasteiger partial charge >= 0.3 is 0 Å². The van der Waals surface area contributed by atoms with Crippen LogP contribution >= 0.6 is 23.8 Å². The number of hydrogen-bond acceptors (Lipinski definition) is 5. The second-order valence-electron chi connectivity index (χ2n) is 6.87. The molecular weight excluding hydrogens is 408 g/mol. The summed E-state index contributed by atoms with van der Waals surface area (Å²) in [6.45, 7) is 3.82. The first kappa shape index (κ1) is 18.5. The summed E-state index contributed by atoms with van der Waals surface area (Å²) in [5.74, 6) is 1.44. The number of ether oxygens (including phenoxy) is 1. The van der Waals surface area contributed by atoms with Crippen LogP contribution in [0.1, 0.15) is 0 Å². The number of para-hydroxylation sites is 1. The van der Waals surface area contributed by atoms with Crippen LogP contribution in [0.15, 0.2) is 54.6 Å². The molecule has 1 aliphatic rings. The molecule has 2 aromatic carbocycles. The topological polar surface area (TPSA) is 52.5 Å². The standard InChI is InChI=1S/C20H19ClN6OS/c21-16-8-6-15(7-9-16)18-22-27-19(26(18)17-4-2-1-3-5-17)23-25(20(27)29)14-24-10-12-28-13-11-24/h1-9H,10-14H2. The molecule has 0 N–H and O–H groups in total. The SMILES string of the molecule is S=c1n(CN2CCOCC2)nc2n(-c3ccccc3)c(-c3ccc(Cl)cc3)nn12. The Bertz CT molecular complexity index is 1190. The Balaban J connectivity index is 1.65. The van der Waals surface area contributed by atoms with Crippen LogP contribution in [0, 0.1) is 4.77 Å². The predicted octanol–water partition coefficient (Wildman–Crippen LogP) is 3.66. The van der Waals surface area contributed by atoms with Gasteiger partial charge in [0, 0.05) is 23.7 Å². The molecule has 7 nitrogen and oxygen atoms in total. The smallest absolute Gasteiger partial charge is 0.257 e. The van der Waals surface area contributed by atoms with Crippen molar-refractivity contribution in [1.29, 1.82) is 0 Å². The van der Waals surface area contributed by atoms with Crippen molar-refractivity contribution in [2.45, 2.75) is 6.67 Å². The molecule has 2 aromatic heterocycles. The monoisotopic (exact) mass is 426 g/mol. The lowest BCUT2D eigenvalue weighted by atomic mass is 10.2. The van der Waals surface area contributed by atoms with Crippen LogP contribution < -0.4 is 0 Å². The molecule has 3 heterocycles. The van der Waals surface area contributed by atoms with Gasteiger partial charge in [0.25, 0.3) is 5.78 Å². The van der Waals surface area contributed by atoms with Gasteiger partial charge in [-0.3, -0.25) is 9.47 Å². The highest BCUT2D eigenvalue weighted by atomic mass is 35.5. The van der Waals surface area contributed by atoms with Gasteiger partial charge in [-0.05, 0) is 48.6 Å². The van der Waals surface area contributed by atoms with Crippen molar-refractivity contribution in [2.24, 2.45) is 0 Å². The summed E-state index contributed by atoms with van der Waals surface area (Å²) in [5, 5.41) is 10.3. The van der Waals surface area contributed by atoms with Crippen molar-refractivity contribution < 1.29 is 4.74 Å². The minimum atomic E-state index is 0.566. The zero-order chi connectivity index (χ0) is 19.8. The molecular formula is C20H19ClN6OS. The fraction of sp³-hybridized carbons (Fsp3) is 0.250. The van der Waals surface area contributed by atoms with E-state index in [1.54, 1.807) is 4.52 Å². The number of morpholine rings is 1. The van der Waals surface area contributed by atoms with E-state index >= 15 is 0 Å². The number of aromatic nitrogens is 5. The van der Waals surface area contributed by atoms with Crippen molar-refractivity contribution in [3.05, 3.63) is 64.4 Å². The minimum absolute atomic E-state index is 0.566. The summed E-state index contributed by atoms with van der Waals surface area (Å²) >= 11 is 11.8. The quantitative estimate of drug-likeness (QED) is 0.466. The number of fused-ring (bicyclic) bond motifs is 1. The van der Waals surface area contributed by atoms with Gasteiger partial charge in [-0.2, -0.15) is 4.52 Å². The molecule has 0 unspecified atom stereocenters. The fourth-order valence-electron chi connectivity index (χ4n) is 3.47. The van der Waals surface area contributed by atoms with E-state index in [1.165, 1.54) is 0 Å². The third-order valence-corrected chi connectivity index (χ3v) is 5.60. The molecule has 1 fully saturated rings. The average molecular weight is 427 g/mol. The van der Waals surface area contributed by atoms with Crippen LogP contribution in [0.5, 0.6) is 0 Å². The van der Waals surface area contributed by atoms with E-state index in [0.717, 1.165) is 43.4 Å². The van der Waals surface area contributed by atoms with Gasteiger partial charge < -0.3 is 4.74 Å². The Morgan fingerprint density at radius 1 is 0.966 bits per heavy atom. The van der Waals surface area contributed by atoms with Crippen LogP contribution in [0.3, 0.4) is 0 Å². The largest absolute Gasteiger partial charge is 0.379 e. The molecule has 0 aliphatic carbocycles. The van der Waals surface area contributed by atoms with Crippen LogP contribution in [-0.2, 0) is 11.4 Å². The molecule has 0 radical (unpaired) electrons. The normalized spacial score (nSPS) is 15.2. The fourth-order valence-corrected chi connectivity index (χ4v) is 3.82. The van der Waals surface area contributed by atoms with E-state index in [-0.39, 0.29) is 0 Å². The first-order chi connectivity index (χ1) is 14.2. The molecule has 1 aliphatic heterocycles.